The lowest BCUT2D eigenvalue weighted by Gasteiger charge is -2.12. The van der Waals surface area contributed by atoms with Crippen molar-refractivity contribution in [2.75, 3.05) is 7.11 Å². The SMILES string of the molecule is COC(=O)c1ccc(-c2cc(-c3cccnc3)cc(-c3ccc(Cl)c(Cl)c3)c2)cc1. The third kappa shape index (κ3) is 4.23. The smallest absolute Gasteiger partial charge is 0.337 e. The molecule has 0 saturated heterocycles. The molecule has 4 aromatic rings. The van der Waals surface area contributed by atoms with Crippen LogP contribution in [-0.4, -0.2) is 18.1 Å². The zero-order valence-corrected chi connectivity index (χ0v) is 17.6. The minimum absolute atomic E-state index is 0.359. The van der Waals surface area contributed by atoms with Gasteiger partial charge in [-0.2, -0.15) is 0 Å². The summed E-state index contributed by atoms with van der Waals surface area (Å²) < 4.78 is 4.79. The molecule has 0 saturated carbocycles. The summed E-state index contributed by atoms with van der Waals surface area (Å²) in [6.45, 7) is 0. The molecule has 0 amide bonds. The molecule has 148 valence electrons. The maximum absolute atomic E-state index is 11.7. The first kappa shape index (κ1) is 20.1. The summed E-state index contributed by atoms with van der Waals surface area (Å²) in [5, 5.41) is 1.02. The first-order valence-corrected chi connectivity index (χ1v) is 10.0. The Morgan fingerprint density at radius 2 is 1.37 bits per heavy atom. The molecule has 1 aromatic heterocycles. The molecule has 0 N–H and O–H groups in total. The van der Waals surface area contributed by atoms with Crippen LogP contribution in [0.25, 0.3) is 33.4 Å². The number of pyridine rings is 1. The summed E-state index contributed by atoms with van der Waals surface area (Å²) in [6.07, 6.45) is 3.58. The van der Waals surface area contributed by atoms with Gasteiger partial charge in [-0.05, 0) is 76.3 Å². The topological polar surface area (TPSA) is 39.2 Å². The lowest BCUT2D eigenvalue weighted by atomic mass is 9.93. The molecule has 0 radical (unpaired) electrons. The van der Waals surface area contributed by atoms with Gasteiger partial charge in [0.2, 0.25) is 0 Å². The second kappa shape index (κ2) is 8.70. The molecule has 4 rings (SSSR count). The van der Waals surface area contributed by atoms with E-state index in [0.717, 1.165) is 33.4 Å². The summed E-state index contributed by atoms with van der Waals surface area (Å²) in [5.74, 6) is -0.359. The summed E-state index contributed by atoms with van der Waals surface area (Å²) in [6, 6.07) is 23.2. The van der Waals surface area contributed by atoms with Gasteiger partial charge in [0, 0.05) is 18.0 Å². The molecule has 0 aliphatic heterocycles. The van der Waals surface area contributed by atoms with Gasteiger partial charge in [-0.1, -0.05) is 47.5 Å². The number of hydrogen-bond donors (Lipinski definition) is 0. The van der Waals surface area contributed by atoms with Crippen molar-refractivity contribution in [3.05, 3.63) is 101 Å². The van der Waals surface area contributed by atoms with E-state index < -0.39 is 0 Å². The van der Waals surface area contributed by atoms with Crippen molar-refractivity contribution in [2.24, 2.45) is 0 Å². The van der Waals surface area contributed by atoms with Crippen LogP contribution in [0.4, 0.5) is 0 Å². The molecule has 3 aromatic carbocycles. The molecule has 0 spiro atoms. The van der Waals surface area contributed by atoms with E-state index in [0.29, 0.717) is 15.6 Å². The van der Waals surface area contributed by atoms with Crippen LogP contribution in [0.3, 0.4) is 0 Å². The molecule has 0 bridgehead atoms. The van der Waals surface area contributed by atoms with Gasteiger partial charge in [-0.3, -0.25) is 4.98 Å². The van der Waals surface area contributed by atoms with Gasteiger partial charge in [-0.15, -0.1) is 0 Å². The van der Waals surface area contributed by atoms with E-state index in [1.54, 1.807) is 24.4 Å². The van der Waals surface area contributed by atoms with Gasteiger partial charge < -0.3 is 4.74 Å². The molecular weight excluding hydrogens is 417 g/mol. The quantitative estimate of drug-likeness (QED) is 0.320. The Morgan fingerprint density at radius 3 is 1.97 bits per heavy atom. The van der Waals surface area contributed by atoms with Crippen molar-refractivity contribution in [3.8, 4) is 33.4 Å². The first-order chi connectivity index (χ1) is 14.5. The van der Waals surface area contributed by atoms with Crippen molar-refractivity contribution in [1.29, 1.82) is 0 Å². The predicted octanol–water partition coefficient (Wildman–Crippen LogP) is 7.18. The lowest BCUT2D eigenvalue weighted by Crippen LogP contribution is -2.00. The highest BCUT2D eigenvalue weighted by Crippen LogP contribution is 2.35. The number of halogens is 2. The molecular formula is C25H17Cl2NO2. The number of carbonyl (C=O) groups is 1. The summed E-state index contributed by atoms with van der Waals surface area (Å²) in [7, 11) is 1.37. The number of carbonyl (C=O) groups excluding carboxylic acids is 1. The van der Waals surface area contributed by atoms with Crippen LogP contribution in [0.5, 0.6) is 0 Å². The summed E-state index contributed by atoms with van der Waals surface area (Å²) in [4.78, 5) is 16.0. The van der Waals surface area contributed by atoms with Crippen LogP contribution >= 0.6 is 23.2 Å². The average molecular weight is 434 g/mol. The predicted molar refractivity (Wildman–Crippen MR) is 122 cm³/mol. The molecule has 1 heterocycles. The number of hydrogen-bond acceptors (Lipinski definition) is 3. The Bertz CT molecular complexity index is 1210. The molecule has 0 unspecified atom stereocenters. The van der Waals surface area contributed by atoms with E-state index in [4.69, 9.17) is 27.9 Å². The van der Waals surface area contributed by atoms with E-state index in [1.165, 1.54) is 7.11 Å². The van der Waals surface area contributed by atoms with E-state index in [1.807, 2.05) is 42.6 Å². The van der Waals surface area contributed by atoms with Gasteiger partial charge in [0.05, 0.1) is 22.7 Å². The van der Waals surface area contributed by atoms with E-state index >= 15 is 0 Å². The zero-order valence-electron chi connectivity index (χ0n) is 16.1. The van der Waals surface area contributed by atoms with Crippen molar-refractivity contribution in [2.45, 2.75) is 0 Å². The fourth-order valence-corrected chi connectivity index (χ4v) is 3.55. The second-order valence-corrected chi connectivity index (χ2v) is 7.55. The Hall–Kier alpha value is -3.14. The Balaban J connectivity index is 1.85. The van der Waals surface area contributed by atoms with E-state index in [9.17, 15) is 4.79 Å². The van der Waals surface area contributed by atoms with Crippen LogP contribution in [0.1, 0.15) is 10.4 Å². The largest absolute Gasteiger partial charge is 0.465 e. The summed E-state index contributed by atoms with van der Waals surface area (Å²) in [5.41, 5.74) is 6.49. The van der Waals surface area contributed by atoms with Crippen LogP contribution in [0.15, 0.2) is 85.2 Å². The summed E-state index contributed by atoms with van der Waals surface area (Å²) >= 11 is 12.3. The standard InChI is InChI=1S/C25H17Cl2NO2/c1-30-25(29)17-6-4-16(5-7-17)20-11-21(18-8-9-23(26)24(27)14-18)13-22(12-20)19-3-2-10-28-15-19/h2-15H,1H3. The van der Waals surface area contributed by atoms with Crippen molar-refractivity contribution < 1.29 is 9.53 Å². The number of benzene rings is 3. The van der Waals surface area contributed by atoms with Gasteiger partial charge in [0.15, 0.2) is 0 Å². The highest BCUT2D eigenvalue weighted by molar-refractivity contribution is 6.42. The van der Waals surface area contributed by atoms with Crippen molar-refractivity contribution >= 4 is 29.2 Å². The number of rotatable bonds is 4. The van der Waals surface area contributed by atoms with Crippen LogP contribution < -0.4 is 0 Å². The zero-order chi connectivity index (χ0) is 21.1. The molecule has 0 atom stereocenters. The average Bonchev–Trinajstić information content (AvgIpc) is 2.80. The van der Waals surface area contributed by atoms with Gasteiger partial charge in [-0.25, -0.2) is 4.79 Å². The number of ether oxygens (including phenoxy) is 1. The maximum Gasteiger partial charge on any atom is 0.337 e. The normalized spacial score (nSPS) is 10.6. The molecule has 0 aliphatic carbocycles. The number of methoxy groups -OCH3 is 1. The number of nitrogens with zero attached hydrogens (tertiary/aromatic N) is 1. The Kier molecular flexibility index (Phi) is 5.84. The fraction of sp³-hybridized carbons (Fsp3) is 0.0400. The number of aromatic nitrogens is 1. The minimum Gasteiger partial charge on any atom is -0.465 e. The minimum atomic E-state index is -0.359. The van der Waals surface area contributed by atoms with Crippen LogP contribution in [0, 0.1) is 0 Å². The van der Waals surface area contributed by atoms with Crippen molar-refractivity contribution in [1.82, 2.24) is 4.98 Å². The first-order valence-electron chi connectivity index (χ1n) is 9.25. The fourth-order valence-electron chi connectivity index (χ4n) is 3.25. The third-order valence-corrected chi connectivity index (χ3v) is 5.56. The Morgan fingerprint density at radius 1 is 0.733 bits per heavy atom. The maximum atomic E-state index is 11.7. The second-order valence-electron chi connectivity index (χ2n) is 6.74. The molecule has 0 fully saturated rings. The van der Waals surface area contributed by atoms with Crippen LogP contribution in [-0.2, 0) is 4.74 Å². The van der Waals surface area contributed by atoms with E-state index in [2.05, 4.69) is 23.2 Å². The van der Waals surface area contributed by atoms with Crippen LogP contribution in [0.2, 0.25) is 10.0 Å². The van der Waals surface area contributed by atoms with Gasteiger partial charge in [0.25, 0.3) is 0 Å². The highest BCUT2D eigenvalue weighted by Gasteiger charge is 2.10. The number of esters is 1. The van der Waals surface area contributed by atoms with E-state index in [-0.39, 0.29) is 5.97 Å². The van der Waals surface area contributed by atoms with Gasteiger partial charge >= 0.3 is 5.97 Å². The lowest BCUT2D eigenvalue weighted by molar-refractivity contribution is 0.0601. The third-order valence-electron chi connectivity index (χ3n) is 4.82. The highest BCUT2D eigenvalue weighted by atomic mass is 35.5. The molecule has 3 nitrogen and oxygen atoms in total. The molecule has 0 aliphatic rings. The van der Waals surface area contributed by atoms with Crippen molar-refractivity contribution in [3.63, 3.8) is 0 Å². The Labute approximate surface area is 184 Å². The molecule has 5 heteroatoms. The molecule has 30 heavy (non-hydrogen) atoms. The van der Waals surface area contributed by atoms with Gasteiger partial charge in [0.1, 0.15) is 0 Å². The monoisotopic (exact) mass is 433 g/mol.